The van der Waals surface area contributed by atoms with Crippen LogP contribution in [0.25, 0.3) is 11.5 Å². The second-order valence-corrected chi connectivity index (χ2v) is 9.91. The van der Waals surface area contributed by atoms with Crippen molar-refractivity contribution in [2.45, 2.75) is 32.9 Å². The van der Waals surface area contributed by atoms with E-state index in [2.05, 4.69) is 72.4 Å². The van der Waals surface area contributed by atoms with E-state index in [9.17, 15) is 4.79 Å². The van der Waals surface area contributed by atoms with E-state index < -0.39 is 0 Å². The summed E-state index contributed by atoms with van der Waals surface area (Å²) in [5.74, 6) is 0.957. The minimum absolute atomic E-state index is 0.223. The van der Waals surface area contributed by atoms with Gasteiger partial charge in [-0.25, -0.2) is 9.48 Å². The highest BCUT2D eigenvalue weighted by Crippen LogP contribution is 2.39. The first-order chi connectivity index (χ1) is 18.5. The Hall–Kier alpha value is -4.29. The summed E-state index contributed by atoms with van der Waals surface area (Å²) >= 11 is 6.42. The summed E-state index contributed by atoms with van der Waals surface area (Å²) in [6.07, 6.45) is 2.80. The number of carbonyl (C=O) groups excluding carboxylic acids is 1. The van der Waals surface area contributed by atoms with Crippen LogP contribution in [0.5, 0.6) is 0 Å². The van der Waals surface area contributed by atoms with Crippen LogP contribution in [0.4, 0.5) is 10.5 Å². The van der Waals surface area contributed by atoms with E-state index in [1.54, 1.807) is 6.07 Å². The molecule has 1 aliphatic heterocycles. The molecular formula is C31H28ClN5O. The Labute approximate surface area is 227 Å². The van der Waals surface area contributed by atoms with Gasteiger partial charge in [-0.2, -0.15) is 5.10 Å². The fourth-order valence-corrected chi connectivity index (χ4v) is 5.38. The molecule has 1 aliphatic rings. The summed E-state index contributed by atoms with van der Waals surface area (Å²) in [5.41, 5.74) is 6.73. The first-order valence-electron chi connectivity index (χ1n) is 12.8. The van der Waals surface area contributed by atoms with Gasteiger partial charge in [0.05, 0.1) is 40.4 Å². The molecule has 0 saturated heterocycles. The molecule has 3 heterocycles. The van der Waals surface area contributed by atoms with Crippen LogP contribution in [0.15, 0.2) is 97.2 Å². The highest BCUT2D eigenvalue weighted by Gasteiger charge is 2.36. The number of urea groups is 1. The maximum absolute atomic E-state index is 14.1. The minimum atomic E-state index is -0.325. The number of fused-ring (bicyclic) bond motifs is 3. The number of benzene rings is 3. The molecule has 1 atom stereocenters. The number of aryl methyl sites for hydroxylation is 2. The Balaban J connectivity index is 1.56. The predicted molar refractivity (Wildman–Crippen MR) is 151 cm³/mol. The number of aromatic nitrogens is 3. The Kier molecular flexibility index (Phi) is 6.26. The second-order valence-electron chi connectivity index (χ2n) is 9.50. The molecule has 0 bridgehead atoms. The molecule has 0 fully saturated rings. The average molecular weight is 522 g/mol. The number of nitrogens with zero attached hydrogens (tertiary/aromatic N) is 4. The van der Waals surface area contributed by atoms with Crippen molar-refractivity contribution in [3.63, 3.8) is 0 Å². The molecule has 6 rings (SSSR count). The molecule has 3 aromatic carbocycles. The van der Waals surface area contributed by atoms with Crippen molar-refractivity contribution < 1.29 is 4.79 Å². The standard InChI is InChI=1S/C31H28ClN5O/c1-3-26-24-20-36(31(38)33-27-13-8-7-12-25(27)32)29(22-17-15-21(2)16-18-22)28-14-9-19-35(28)30(24)37(34-26)23-10-5-4-6-11-23/h4-19,29H,3,20H2,1-2H3,(H,33,38)/t29-/m0/s1. The molecule has 0 aliphatic carbocycles. The molecule has 0 spiro atoms. The van der Waals surface area contributed by atoms with Gasteiger partial charge in [-0.05, 0) is 55.3 Å². The highest BCUT2D eigenvalue weighted by atomic mass is 35.5. The molecule has 5 aromatic rings. The topological polar surface area (TPSA) is 55.1 Å². The quantitative estimate of drug-likeness (QED) is 0.269. The lowest BCUT2D eigenvalue weighted by atomic mass is 10.0. The van der Waals surface area contributed by atoms with Crippen molar-refractivity contribution in [3.05, 3.63) is 130 Å². The first-order valence-corrected chi connectivity index (χ1v) is 13.2. The fourth-order valence-electron chi connectivity index (χ4n) is 5.20. The third-order valence-corrected chi connectivity index (χ3v) is 7.40. The molecule has 38 heavy (non-hydrogen) atoms. The lowest BCUT2D eigenvalue weighted by Crippen LogP contribution is -2.38. The van der Waals surface area contributed by atoms with Gasteiger partial charge in [-0.1, -0.05) is 78.7 Å². The molecule has 2 amide bonds. The number of para-hydroxylation sites is 2. The number of nitrogens with one attached hydrogen (secondary N) is 1. The summed E-state index contributed by atoms with van der Waals surface area (Å²) in [6, 6.07) is 29.4. The van der Waals surface area contributed by atoms with Gasteiger partial charge in [-0.15, -0.1) is 0 Å². The maximum atomic E-state index is 14.1. The van der Waals surface area contributed by atoms with Crippen molar-refractivity contribution in [2.24, 2.45) is 0 Å². The minimum Gasteiger partial charge on any atom is -0.307 e. The van der Waals surface area contributed by atoms with E-state index in [1.807, 2.05) is 52.0 Å². The zero-order valence-corrected chi connectivity index (χ0v) is 22.1. The van der Waals surface area contributed by atoms with Crippen LogP contribution in [0.1, 0.15) is 41.0 Å². The van der Waals surface area contributed by atoms with Crippen LogP contribution in [0.3, 0.4) is 0 Å². The van der Waals surface area contributed by atoms with E-state index in [1.165, 1.54) is 5.56 Å². The molecular weight excluding hydrogens is 494 g/mol. The van der Waals surface area contributed by atoms with Gasteiger partial charge in [0.15, 0.2) is 0 Å². The molecule has 0 saturated carbocycles. The molecule has 0 radical (unpaired) electrons. The summed E-state index contributed by atoms with van der Waals surface area (Å²) in [4.78, 5) is 16.0. The van der Waals surface area contributed by atoms with E-state index in [0.29, 0.717) is 17.3 Å². The monoisotopic (exact) mass is 521 g/mol. The Morgan fingerprint density at radius 2 is 1.71 bits per heavy atom. The predicted octanol–water partition coefficient (Wildman–Crippen LogP) is 7.32. The van der Waals surface area contributed by atoms with Crippen LogP contribution < -0.4 is 5.32 Å². The molecule has 1 N–H and O–H groups in total. The normalized spacial score (nSPS) is 14.5. The maximum Gasteiger partial charge on any atom is 0.323 e. The Morgan fingerprint density at radius 3 is 2.45 bits per heavy atom. The molecule has 2 aromatic heterocycles. The zero-order chi connectivity index (χ0) is 26.2. The van der Waals surface area contributed by atoms with Crippen LogP contribution in [0.2, 0.25) is 5.02 Å². The number of hydrogen-bond donors (Lipinski definition) is 1. The van der Waals surface area contributed by atoms with Gasteiger partial charge >= 0.3 is 6.03 Å². The molecule has 7 heteroatoms. The van der Waals surface area contributed by atoms with Crippen LogP contribution in [-0.2, 0) is 13.0 Å². The molecule has 6 nitrogen and oxygen atoms in total. The number of carbonyl (C=O) groups is 1. The number of anilines is 1. The number of amides is 2. The van der Waals surface area contributed by atoms with Gasteiger partial charge in [0, 0.05) is 11.8 Å². The van der Waals surface area contributed by atoms with Gasteiger partial charge in [0.2, 0.25) is 0 Å². The fraction of sp³-hybridized carbons (Fsp3) is 0.161. The third kappa shape index (κ3) is 4.17. The van der Waals surface area contributed by atoms with E-state index in [0.717, 1.165) is 40.4 Å². The average Bonchev–Trinajstić information content (AvgIpc) is 3.52. The summed E-state index contributed by atoms with van der Waals surface area (Å²) < 4.78 is 4.18. The van der Waals surface area contributed by atoms with Crippen LogP contribution in [0, 0.1) is 6.92 Å². The Morgan fingerprint density at radius 1 is 0.974 bits per heavy atom. The van der Waals surface area contributed by atoms with Gasteiger partial charge in [-0.3, -0.25) is 0 Å². The van der Waals surface area contributed by atoms with Gasteiger partial charge < -0.3 is 14.8 Å². The second kappa shape index (κ2) is 9.88. The lowest BCUT2D eigenvalue weighted by Gasteiger charge is -2.31. The SMILES string of the molecule is CCc1nn(-c2ccccc2)c2c1CN(C(=O)Nc1ccccc1Cl)[C@@H](c1ccc(C)cc1)c1cccn1-2. The third-order valence-electron chi connectivity index (χ3n) is 7.07. The van der Waals surface area contributed by atoms with Crippen molar-refractivity contribution in [3.8, 4) is 11.5 Å². The number of rotatable bonds is 4. The lowest BCUT2D eigenvalue weighted by molar-refractivity contribution is 0.194. The van der Waals surface area contributed by atoms with Crippen molar-refractivity contribution in [1.29, 1.82) is 0 Å². The smallest absolute Gasteiger partial charge is 0.307 e. The van der Waals surface area contributed by atoms with E-state index in [4.69, 9.17) is 16.7 Å². The van der Waals surface area contributed by atoms with Gasteiger partial charge in [0.25, 0.3) is 0 Å². The molecule has 0 unspecified atom stereocenters. The van der Waals surface area contributed by atoms with Crippen molar-refractivity contribution >= 4 is 23.3 Å². The van der Waals surface area contributed by atoms with E-state index in [-0.39, 0.29) is 12.1 Å². The van der Waals surface area contributed by atoms with Crippen molar-refractivity contribution in [1.82, 2.24) is 19.2 Å². The van der Waals surface area contributed by atoms with E-state index >= 15 is 0 Å². The van der Waals surface area contributed by atoms with Gasteiger partial charge in [0.1, 0.15) is 5.82 Å². The summed E-state index contributed by atoms with van der Waals surface area (Å²) in [5, 5.41) is 8.58. The zero-order valence-electron chi connectivity index (χ0n) is 21.3. The number of hydrogen-bond acceptors (Lipinski definition) is 2. The highest BCUT2D eigenvalue weighted by molar-refractivity contribution is 6.33. The van der Waals surface area contributed by atoms with Crippen molar-refractivity contribution in [2.75, 3.05) is 5.32 Å². The molecule has 190 valence electrons. The van der Waals surface area contributed by atoms with Crippen LogP contribution in [-0.4, -0.2) is 25.3 Å². The van der Waals surface area contributed by atoms with Crippen LogP contribution >= 0.6 is 11.6 Å². The largest absolute Gasteiger partial charge is 0.323 e. The Bertz CT molecular complexity index is 1600. The summed E-state index contributed by atoms with van der Waals surface area (Å²) in [6.45, 7) is 4.56. The first kappa shape index (κ1) is 24.1. The number of halogens is 1. The summed E-state index contributed by atoms with van der Waals surface area (Å²) in [7, 11) is 0.